The maximum atomic E-state index is 12.1. The van der Waals surface area contributed by atoms with Crippen LogP contribution in [0.15, 0.2) is 24.4 Å². The van der Waals surface area contributed by atoms with Crippen molar-refractivity contribution in [3.05, 3.63) is 46.1 Å². The summed E-state index contributed by atoms with van der Waals surface area (Å²) in [4.78, 5) is 21.3. The summed E-state index contributed by atoms with van der Waals surface area (Å²) in [7, 11) is 1.76. The summed E-state index contributed by atoms with van der Waals surface area (Å²) in [6.07, 6.45) is 1.64. The van der Waals surface area contributed by atoms with Gasteiger partial charge < -0.3 is 20.5 Å². The van der Waals surface area contributed by atoms with Crippen LogP contribution in [0.2, 0.25) is 5.02 Å². The molecule has 3 N–H and O–H groups in total. The number of aromatic nitrogens is 2. The number of nitriles is 1. The first-order valence-electron chi connectivity index (χ1n) is 8.52. The van der Waals surface area contributed by atoms with Crippen molar-refractivity contribution in [3.63, 3.8) is 0 Å². The summed E-state index contributed by atoms with van der Waals surface area (Å²) in [6, 6.07) is 7.60. The first-order valence-corrected chi connectivity index (χ1v) is 8.90. The van der Waals surface area contributed by atoms with Crippen LogP contribution in [-0.4, -0.2) is 34.4 Å². The Balaban J connectivity index is 1.75. The van der Waals surface area contributed by atoms with Crippen LogP contribution in [0.1, 0.15) is 28.4 Å². The number of H-pyrrole nitrogens is 1. The second-order valence-electron chi connectivity index (χ2n) is 6.40. The van der Waals surface area contributed by atoms with Crippen molar-refractivity contribution in [2.45, 2.75) is 13.5 Å². The van der Waals surface area contributed by atoms with Crippen molar-refractivity contribution in [1.29, 1.82) is 5.26 Å². The Hall–Kier alpha value is -3.24. The molecule has 1 aliphatic heterocycles. The molecule has 3 aromatic rings. The summed E-state index contributed by atoms with van der Waals surface area (Å²) >= 11 is 6.39. The number of carbonyl (C=O) groups excluding carboxylic acids is 1. The fourth-order valence-corrected chi connectivity index (χ4v) is 3.54. The molecule has 7 nitrogen and oxygen atoms in total. The van der Waals surface area contributed by atoms with Gasteiger partial charge in [-0.2, -0.15) is 5.26 Å². The lowest BCUT2D eigenvalue weighted by Gasteiger charge is -2.12. The van der Waals surface area contributed by atoms with Gasteiger partial charge in [-0.25, -0.2) is 4.98 Å². The van der Waals surface area contributed by atoms with Crippen LogP contribution in [0, 0.1) is 11.3 Å². The van der Waals surface area contributed by atoms with Gasteiger partial charge in [-0.05, 0) is 24.6 Å². The van der Waals surface area contributed by atoms with Crippen molar-refractivity contribution in [1.82, 2.24) is 14.9 Å². The molecule has 0 aliphatic carbocycles. The van der Waals surface area contributed by atoms with E-state index in [4.69, 9.17) is 11.6 Å². The third kappa shape index (κ3) is 2.84. The number of carbonyl (C=O) groups is 1. The number of aromatic amines is 1. The van der Waals surface area contributed by atoms with Gasteiger partial charge in [0, 0.05) is 38.0 Å². The fourth-order valence-electron chi connectivity index (χ4n) is 3.33. The molecule has 0 spiro atoms. The van der Waals surface area contributed by atoms with Crippen molar-refractivity contribution in [2.75, 3.05) is 24.2 Å². The number of amides is 1. The van der Waals surface area contributed by atoms with E-state index in [9.17, 15) is 10.1 Å². The van der Waals surface area contributed by atoms with Gasteiger partial charge in [0.15, 0.2) is 0 Å². The Morgan fingerprint density at radius 3 is 2.93 bits per heavy atom. The van der Waals surface area contributed by atoms with Gasteiger partial charge in [-0.1, -0.05) is 11.6 Å². The molecule has 0 fully saturated rings. The Kier molecular flexibility index (Phi) is 4.13. The number of pyridine rings is 1. The molecule has 27 heavy (non-hydrogen) atoms. The van der Waals surface area contributed by atoms with E-state index in [1.165, 1.54) is 0 Å². The molecule has 0 bridgehead atoms. The van der Waals surface area contributed by atoms with Gasteiger partial charge in [-0.3, -0.25) is 4.79 Å². The van der Waals surface area contributed by atoms with Gasteiger partial charge in [0.25, 0.3) is 5.91 Å². The fraction of sp³-hybridized carbons (Fsp3) is 0.211. The first-order chi connectivity index (χ1) is 13.0. The lowest BCUT2D eigenvalue weighted by molar-refractivity contribution is 0.0816. The molecule has 1 aromatic carbocycles. The van der Waals surface area contributed by atoms with Gasteiger partial charge in [-0.15, -0.1) is 0 Å². The van der Waals surface area contributed by atoms with Crippen LogP contribution in [0.3, 0.4) is 0 Å². The van der Waals surface area contributed by atoms with E-state index in [1.807, 2.05) is 19.1 Å². The van der Waals surface area contributed by atoms with Crippen LogP contribution in [0.4, 0.5) is 17.2 Å². The topological polar surface area (TPSA) is 96.8 Å². The molecule has 4 rings (SSSR count). The number of fused-ring (bicyclic) bond motifs is 2. The maximum Gasteiger partial charge on any atom is 0.254 e. The zero-order valence-corrected chi connectivity index (χ0v) is 15.6. The number of hydrogen-bond acceptors (Lipinski definition) is 5. The highest BCUT2D eigenvalue weighted by Crippen LogP contribution is 2.34. The quantitative estimate of drug-likeness (QED) is 0.638. The number of benzene rings is 1. The van der Waals surface area contributed by atoms with Crippen LogP contribution in [0.5, 0.6) is 0 Å². The number of rotatable bonds is 4. The third-order valence-electron chi connectivity index (χ3n) is 4.57. The minimum absolute atomic E-state index is 0.0251. The highest BCUT2D eigenvalue weighted by molar-refractivity contribution is 6.33. The molecule has 1 amide bonds. The van der Waals surface area contributed by atoms with Crippen molar-refractivity contribution < 1.29 is 4.79 Å². The minimum Gasteiger partial charge on any atom is -0.385 e. The van der Waals surface area contributed by atoms with E-state index in [-0.39, 0.29) is 5.91 Å². The summed E-state index contributed by atoms with van der Waals surface area (Å²) in [5.41, 5.74) is 4.20. The second-order valence-corrected chi connectivity index (χ2v) is 6.81. The Morgan fingerprint density at radius 1 is 1.37 bits per heavy atom. The van der Waals surface area contributed by atoms with E-state index in [0.717, 1.165) is 16.6 Å². The first kappa shape index (κ1) is 17.2. The summed E-state index contributed by atoms with van der Waals surface area (Å²) in [6.45, 7) is 3.25. The van der Waals surface area contributed by atoms with E-state index < -0.39 is 0 Å². The zero-order chi connectivity index (χ0) is 19.1. The van der Waals surface area contributed by atoms with Crippen molar-refractivity contribution >= 4 is 45.7 Å². The normalized spacial score (nSPS) is 13.0. The minimum atomic E-state index is -0.0251. The standard InChI is InChI=1S/C19H17ClN6O/c1-3-22-15-6-16(25-18-17(15)11(7-21)8-23-18)24-14-4-10-9-26(2)19(27)12(10)5-13(14)20/h4-6,8H,3,9H2,1-2H3,(H3,22,23,24,25). The predicted molar refractivity (Wildman–Crippen MR) is 106 cm³/mol. The van der Waals surface area contributed by atoms with E-state index >= 15 is 0 Å². The van der Waals surface area contributed by atoms with Crippen molar-refractivity contribution in [3.8, 4) is 6.07 Å². The van der Waals surface area contributed by atoms with Crippen LogP contribution >= 0.6 is 11.6 Å². The smallest absolute Gasteiger partial charge is 0.254 e. The highest BCUT2D eigenvalue weighted by Gasteiger charge is 2.26. The van der Waals surface area contributed by atoms with Gasteiger partial charge >= 0.3 is 0 Å². The van der Waals surface area contributed by atoms with E-state index in [2.05, 4.69) is 26.7 Å². The largest absolute Gasteiger partial charge is 0.385 e. The molecule has 2 aromatic heterocycles. The highest BCUT2D eigenvalue weighted by atomic mass is 35.5. The maximum absolute atomic E-state index is 12.1. The average Bonchev–Trinajstić information content (AvgIpc) is 3.17. The molecular formula is C19H17ClN6O. The molecule has 0 unspecified atom stereocenters. The lowest BCUT2D eigenvalue weighted by Crippen LogP contribution is -2.17. The number of anilines is 3. The molecule has 0 atom stereocenters. The van der Waals surface area contributed by atoms with E-state index in [1.54, 1.807) is 24.2 Å². The molecule has 0 radical (unpaired) electrons. The predicted octanol–water partition coefficient (Wildman–Crippen LogP) is 3.85. The van der Waals surface area contributed by atoms with Gasteiger partial charge in [0.1, 0.15) is 17.5 Å². The van der Waals surface area contributed by atoms with Gasteiger partial charge in [0.2, 0.25) is 0 Å². The SMILES string of the molecule is CCNc1cc(Nc2cc3c(cc2Cl)C(=O)N(C)C3)nc2[nH]cc(C#N)c12. The Morgan fingerprint density at radius 2 is 2.19 bits per heavy atom. The average molecular weight is 381 g/mol. The number of hydrogen-bond donors (Lipinski definition) is 3. The van der Waals surface area contributed by atoms with E-state index in [0.29, 0.717) is 46.4 Å². The third-order valence-corrected chi connectivity index (χ3v) is 4.88. The van der Waals surface area contributed by atoms with Crippen molar-refractivity contribution in [2.24, 2.45) is 0 Å². The lowest BCUT2D eigenvalue weighted by atomic mass is 10.1. The molecule has 0 saturated carbocycles. The van der Waals surface area contributed by atoms with Crippen LogP contribution in [0.25, 0.3) is 11.0 Å². The monoisotopic (exact) mass is 380 g/mol. The van der Waals surface area contributed by atoms with Crippen LogP contribution in [-0.2, 0) is 6.54 Å². The summed E-state index contributed by atoms with van der Waals surface area (Å²) < 4.78 is 0. The Bertz CT molecular complexity index is 1110. The molecular weight excluding hydrogens is 364 g/mol. The second kappa shape index (κ2) is 6.49. The Labute approximate surface area is 160 Å². The number of halogens is 1. The zero-order valence-electron chi connectivity index (χ0n) is 14.9. The molecule has 0 saturated heterocycles. The summed E-state index contributed by atoms with van der Waals surface area (Å²) in [5.74, 6) is 0.562. The number of nitrogens with one attached hydrogen (secondary N) is 3. The molecule has 1 aliphatic rings. The molecule has 8 heteroatoms. The van der Waals surface area contributed by atoms with Gasteiger partial charge in [0.05, 0.1) is 27.3 Å². The van der Waals surface area contributed by atoms with Crippen LogP contribution < -0.4 is 10.6 Å². The molecule has 136 valence electrons. The molecule has 3 heterocycles. The summed E-state index contributed by atoms with van der Waals surface area (Å²) in [5, 5.41) is 17.0. The number of nitrogens with zero attached hydrogens (tertiary/aromatic N) is 3.